The summed E-state index contributed by atoms with van der Waals surface area (Å²) < 4.78 is 10.8. The zero-order chi connectivity index (χ0) is 15.3. The van der Waals surface area contributed by atoms with Gasteiger partial charge in [-0.05, 0) is 39.3 Å². The van der Waals surface area contributed by atoms with E-state index in [-0.39, 0.29) is 5.60 Å². The number of morpholine rings is 1. The van der Waals surface area contributed by atoms with Gasteiger partial charge < -0.3 is 19.7 Å². The number of hydrogen-bond donors (Lipinski definition) is 1. The van der Waals surface area contributed by atoms with Crippen LogP contribution in [0.5, 0.6) is 0 Å². The molecule has 1 unspecified atom stereocenters. The quantitative estimate of drug-likeness (QED) is 0.873. The van der Waals surface area contributed by atoms with Crippen molar-refractivity contribution in [2.75, 3.05) is 43.6 Å². The number of aromatic nitrogens is 1. The SMILES string of the molecule is COC(C)(C)CC(C)Nc1ccc(N2CCOCC2)nc1. The molecule has 1 aromatic heterocycles. The fourth-order valence-electron chi connectivity index (χ4n) is 2.61. The van der Waals surface area contributed by atoms with Crippen molar-refractivity contribution in [1.29, 1.82) is 0 Å². The third-order valence-electron chi connectivity index (χ3n) is 3.85. The maximum Gasteiger partial charge on any atom is 0.128 e. The van der Waals surface area contributed by atoms with Gasteiger partial charge in [-0.15, -0.1) is 0 Å². The maximum absolute atomic E-state index is 5.47. The van der Waals surface area contributed by atoms with Crippen molar-refractivity contribution >= 4 is 11.5 Å². The first-order chi connectivity index (χ1) is 10.00. The Morgan fingerprint density at radius 1 is 1.38 bits per heavy atom. The first-order valence-corrected chi connectivity index (χ1v) is 7.60. The monoisotopic (exact) mass is 293 g/mol. The largest absolute Gasteiger partial charge is 0.381 e. The molecule has 5 heteroatoms. The van der Waals surface area contributed by atoms with Crippen LogP contribution in [0.2, 0.25) is 0 Å². The predicted octanol–water partition coefficient (Wildman–Crippen LogP) is 2.53. The van der Waals surface area contributed by atoms with E-state index >= 15 is 0 Å². The summed E-state index contributed by atoms with van der Waals surface area (Å²) in [6.07, 6.45) is 2.84. The molecule has 0 spiro atoms. The molecular formula is C16H27N3O2. The van der Waals surface area contributed by atoms with E-state index in [2.05, 4.69) is 48.1 Å². The van der Waals surface area contributed by atoms with Crippen LogP contribution in [0.25, 0.3) is 0 Å². The molecular weight excluding hydrogens is 266 g/mol. The summed E-state index contributed by atoms with van der Waals surface area (Å²) in [5.41, 5.74) is 0.930. The highest BCUT2D eigenvalue weighted by molar-refractivity contribution is 5.49. The molecule has 118 valence electrons. The lowest BCUT2D eigenvalue weighted by Gasteiger charge is -2.29. The van der Waals surface area contributed by atoms with Crippen molar-refractivity contribution in [3.8, 4) is 0 Å². The van der Waals surface area contributed by atoms with Gasteiger partial charge in [0.15, 0.2) is 0 Å². The Bertz CT molecular complexity index is 428. The summed E-state index contributed by atoms with van der Waals surface area (Å²) in [4.78, 5) is 6.80. The van der Waals surface area contributed by atoms with Crippen LogP contribution in [0, 0.1) is 0 Å². The van der Waals surface area contributed by atoms with Crippen LogP contribution in [-0.4, -0.2) is 50.0 Å². The third-order valence-corrected chi connectivity index (χ3v) is 3.85. The molecule has 2 heterocycles. The van der Waals surface area contributed by atoms with Crippen LogP contribution in [0.3, 0.4) is 0 Å². The van der Waals surface area contributed by atoms with Gasteiger partial charge in [0, 0.05) is 26.2 Å². The summed E-state index contributed by atoms with van der Waals surface area (Å²) in [6, 6.07) is 4.49. The molecule has 1 saturated heterocycles. The molecule has 5 nitrogen and oxygen atoms in total. The minimum atomic E-state index is -0.117. The van der Waals surface area contributed by atoms with Crippen molar-refractivity contribution in [2.45, 2.75) is 38.8 Å². The van der Waals surface area contributed by atoms with Gasteiger partial charge in [-0.2, -0.15) is 0 Å². The Balaban J connectivity index is 1.89. The highest BCUT2D eigenvalue weighted by Crippen LogP contribution is 2.20. The second-order valence-corrected chi connectivity index (χ2v) is 6.22. The van der Waals surface area contributed by atoms with Gasteiger partial charge >= 0.3 is 0 Å². The minimum Gasteiger partial charge on any atom is -0.381 e. The number of hydrogen-bond acceptors (Lipinski definition) is 5. The van der Waals surface area contributed by atoms with E-state index < -0.39 is 0 Å². The van der Waals surface area contributed by atoms with E-state index in [4.69, 9.17) is 9.47 Å². The normalized spacial score (nSPS) is 17.6. The van der Waals surface area contributed by atoms with Gasteiger partial charge in [0.05, 0.1) is 30.7 Å². The van der Waals surface area contributed by atoms with Gasteiger partial charge in [-0.3, -0.25) is 0 Å². The van der Waals surface area contributed by atoms with Crippen LogP contribution in [-0.2, 0) is 9.47 Å². The molecule has 21 heavy (non-hydrogen) atoms. The smallest absolute Gasteiger partial charge is 0.128 e. The molecule has 2 rings (SSSR count). The Kier molecular flexibility index (Phi) is 5.42. The summed E-state index contributed by atoms with van der Waals surface area (Å²) in [5.74, 6) is 1.02. The van der Waals surface area contributed by atoms with Gasteiger partial charge in [-0.1, -0.05) is 0 Å². The number of rotatable bonds is 6. The number of pyridine rings is 1. The molecule has 1 aromatic rings. The molecule has 1 atom stereocenters. The molecule has 0 saturated carbocycles. The summed E-state index contributed by atoms with van der Waals surface area (Å²) in [5, 5.41) is 3.48. The van der Waals surface area contributed by atoms with Gasteiger partial charge in [0.25, 0.3) is 0 Å². The Morgan fingerprint density at radius 2 is 2.10 bits per heavy atom. The fraction of sp³-hybridized carbons (Fsp3) is 0.688. The average molecular weight is 293 g/mol. The van der Waals surface area contributed by atoms with E-state index in [1.807, 2.05) is 6.20 Å². The molecule has 1 aliphatic rings. The zero-order valence-corrected chi connectivity index (χ0v) is 13.6. The van der Waals surface area contributed by atoms with Crippen molar-refractivity contribution in [3.05, 3.63) is 18.3 Å². The average Bonchev–Trinajstić information content (AvgIpc) is 2.48. The van der Waals surface area contributed by atoms with Crippen molar-refractivity contribution in [3.63, 3.8) is 0 Å². The molecule has 0 aromatic carbocycles. The number of methoxy groups -OCH3 is 1. The fourth-order valence-corrected chi connectivity index (χ4v) is 2.61. The number of ether oxygens (including phenoxy) is 2. The minimum absolute atomic E-state index is 0.117. The second kappa shape index (κ2) is 7.09. The van der Waals surface area contributed by atoms with Crippen molar-refractivity contribution < 1.29 is 9.47 Å². The second-order valence-electron chi connectivity index (χ2n) is 6.22. The maximum atomic E-state index is 5.47. The van der Waals surface area contributed by atoms with Crippen molar-refractivity contribution in [1.82, 2.24) is 4.98 Å². The van der Waals surface area contributed by atoms with E-state index in [1.165, 1.54) is 0 Å². The van der Waals surface area contributed by atoms with Crippen molar-refractivity contribution in [2.24, 2.45) is 0 Å². The van der Waals surface area contributed by atoms with E-state index in [9.17, 15) is 0 Å². The number of nitrogens with zero attached hydrogens (tertiary/aromatic N) is 2. The summed E-state index contributed by atoms with van der Waals surface area (Å²) in [7, 11) is 1.76. The van der Waals surface area contributed by atoms with Crippen LogP contribution in [0.1, 0.15) is 27.2 Å². The Hall–Kier alpha value is -1.33. The van der Waals surface area contributed by atoms with Gasteiger partial charge in [0.1, 0.15) is 5.82 Å². The number of anilines is 2. The summed E-state index contributed by atoms with van der Waals surface area (Å²) in [6.45, 7) is 9.76. The molecule has 0 radical (unpaired) electrons. The molecule has 0 bridgehead atoms. The standard InChI is InChI=1S/C16H27N3O2/c1-13(11-16(2,3)20-4)18-14-5-6-15(17-12-14)19-7-9-21-10-8-19/h5-6,12-13,18H,7-11H2,1-4H3. The third kappa shape index (κ3) is 4.86. The Morgan fingerprint density at radius 3 is 2.67 bits per heavy atom. The van der Waals surface area contributed by atoms with Crippen LogP contribution in [0.4, 0.5) is 11.5 Å². The lowest BCUT2D eigenvalue weighted by molar-refractivity contribution is 0.0128. The predicted molar refractivity (Wildman–Crippen MR) is 86.1 cm³/mol. The number of nitrogens with one attached hydrogen (secondary N) is 1. The molecule has 0 amide bonds. The summed E-state index contributed by atoms with van der Waals surface area (Å²) >= 11 is 0. The lowest BCUT2D eigenvalue weighted by atomic mass is 10.00. The van der Waals surface area contributed by atoms with E-state index in [1.54, 1.807) is 7.11 Å². The topological polar surface area (TPSA) is 46.6 Å². The van der Waals surface area contributed by atoms with Gasteiger partial charge in [-0.25, -0.2) is 4.98 Å². The van der Waals surface area contributed by atoms with Crippen LogP contribution >= 0.6 is 0 Å². The van der Waals surface area contributed by atoms with Gasteiger partial charge in [0.2, 0.25) is 0 Å². The lowest BCUT2D eigenvalue weighted by Crippen LogP contribution is -2.36. The highest BCUT2D eigenvalue weighted by Gasteiger charge is 2.20. The molecule has 0 aliphatic carbocycles. The van der Waals surface area contributed by atoms with E-state index in [0.717, 1.165) is 44.2 Å². The molecule has 1 fully saturated rings. The van der Waals surface area contributed by atoms with Crippen LogP contribution < -0.4 is 10.2 Å². The Labute approximate surface area is 127 Å². The zero-order valence-electron chi connectivity index (χ0n) is 13.6. The first kappa shape index (κ1) is 16.0. The first-order valence-electron chi connectivity index (χ1n) is 7.60. The molecule has 1 N–H and O–H groups in total. The molecule has 1 aliphatic heterocycles. The highest BCUT2D eigenvalue weighted by atomic mass is 16.5. The van der Waals surface area contributed by atoms with E-state index in [0.29, 0.717) is 6.04 Å². The van der Waals surface area contributed by atoms with Crippen LogP contribution in [0.15, 0.2) is 18.3 Å².